The van der Waals surface area contributed by atoms with Crippen LogP contribution in [0.1, 0.15) is 31.7 Å². The minimum absolute atomic E-state index is 0.0385. The number of carbonyl (C=O) groups is 2. The number of rotatable bonds is 5. The van der Waals surface area contributed by atoms with Crippen molar-refractivity contribution in [3.8, 4) is 11.3 Å². The standard InChI is InChI=1S/C22H28N4O2S/c1-16(2)13-26-21(28)24(3)20(27)22(26)9-11-25(12-10-22)14-19-23-18(15-29-19)17-7-5-4-6-8-17/h4-8,15-16H,9-14H2,1-3H3. The largest absolute Gasteiger partial charge is 0.327 e. The normalized spacial score (nSPS) is 19.7. The summed E-state index contributed by atoms with van der Waals surface area (Å²) in [5, 5.41) is 3.19. The molecular formula is C22H28N4O2S. The number of likely N-dealkylation sites (tertiary alicyclic amines) is 1. The molecule has 0 N–H and O–H groups in total. The van der Waals surface area contributed by atoms with Crippen LogP contribution in [0.4, 0.5) is 4.79 Å². The van der Waals surface area contributed by atoms with Gasteiger partial charge in [-0.05, 0) is 18.8 Å². The Balaban J connectivity index is 1.43. The summed E-state index contributed by atoms with van der Waals surface area (Å²) >= 11 is 1.68. The lowest BCUT2D eigenvalue weighted by Gasteiger charge is -2.42. The Hall–Kier alpha value is -2.25. The van der Waals surface area contributed by atoms with Crippen LogP contribution < -0.4 is 0 Å². The number of imide groups is 1. The fourth-order valence-corrected chi connectivity index (χ4v) is 5.22. The summed E-state index contributed by atoms with van der Waals surface area (Å²) in [5.41, 5.74) is 1.49. The van der Waals surface area contributed by atoms with Crippen LogP contribution in [0.25, 0.3) is 11.3 Å². The number of hydrogen-bond donors (Lipinski definition) is 0. The number of piperidine rings is 1. The summed E-state index contributed by atoms with van der Waals surface area (Å²) in [7, 11) is 1.61. The first kappa shape index (κ1) is 20.0. The molecule has 1 spiro atoms. The van der Waals surface area contributed by atoms with Gasteiger partial charge in [-0.1, -0.05) is 44.2 Å². The molecule has 2 aliphatic heterocycles. The molecule has 2 fully saturated rings. The lowest BCUT2D eigenvalue weighted by molar-refractivity contribution is -0.135. The first-order chi connectivity index (χ1) is 13.9. The number of benzene rings is 1. The fourth-order valence-electron chi connectivity index (χ4n) is 4.38. The molecule has 2 saturated heterocycles. The van der Waals surface area contributed by atoms with Gasteiger partial charge < -0.3 is 4.90 Å². The van der Waals surface area contributed by atoms with E-state index in [2.05, 4.69) is 36.3 Å². The van der Waals surface area contributed by atoms with Crippen LogP contribution in [0.2, 0.25) is 0 Å². The number of amides is 3. The average molecular weight is 413 g/mol. The third-order valence-electron chi connectivity index (χ3n) is 5.95. The molecule has 2 aliphatic rings. The highest BCUT2D eigenvalue weighted by molar-refractivity contribution is 7.09. The minimum Gasteiger partial charge on any atom is -0.309 e. The second kappa shape index (κ2) is 7.88. The van der Waals surface area contributed by atoms with Crippen LogP contribution in [0, 0.1) is 5.92 Å². The number of hydrogen-bond acceptors (Lipinski definition) is 5. The molecule has 7 heteroatoms. The predicted octanol–water partition coefficient (Wildman–Crippen LogP) is 3.69. The minimum atomic E-state index is -0.662. The van der Waals surface area contributed by atoms with Gasteiger partial charge in [-0.3, -0.25) is 14.6 Å². The third-order valence-corrected chi connectivity index (χ3v) is 6.78. The van der Waals surface area contributed by atoms with Gasteiger partial charge in [0.05, 0.1) is 12.2 Å². The molecule has 0 atom stereocenters. The maximum Gasteiger partial charge on any atom is 0.327 e. The van der Waals surface area contributed by atoms with Crippen molar-refractivity contribution >= 4 is 23.3 Å². The Morgan fingerprint density at radius 1 is 1.14 bits per heavy atom. The molecule has 0 saturated carbocycles. The summed E-state index contributed by atoms with van der Waals surface area (Å²) in [6.07, 6.45) is 1.37. The number of thiazole rings is 1. The summed E-state index contributed by atoms with van der Waals surface area (Å²) in [6.45, 7) is 7.18. The zero-order valence-electron chi connectivity index (χ0n) is 17.3. The molecule has 0 unspecified atom stereocenters. The molecule has 6 nitrogen and oxygen atoms in total. The number of urea groups is 1. The lowest BCUT2D eigenvalue weighted by atomic mass is 9.85. The van der Waals surface area contributed by atoms with Crippen molar-refractivity contribution in [1.82, 2.24) is 19.7 Å². The van der Waals surface area contributed by atoms with Gasteiger partial charge in [0, 0.05) is 37.6 Å². The van der Waals surface area contributed by atoms with Crippen molar-refractivity contribution in [2.45, 2.75) is 38.8 Å². The van der Waals surface area contributed by atoms with Crippen LogP contribution in [-0.2, 0) is 11.3 Å². The van der Waals surface area contributed by atoms with Crippen LogP contribution in [0.5, 0.6) is 0 Å². The second-order valence-electron chi connectivity index (χ2n) is 8.45. The summed E-state index contributed by atoms with van der Waals surface area (Å²) in [5.74, 6) is 0.295. The number of carbonyl (C=O) groups excluding carboxylic acids is 2. The Bertz CT molecular complexity index is 887. The van der Waals surface area contributed by atoms with Crippen molar-refractivity contribution in [1.29, 1.82) is 0 Å². The van der Waals surface area contributed by atoms with Gasteiger partial charge in [0.1, 0.15) is 10.5 Å². The first-order valence-electron chi connectivity index (χ1n) is 10.2. The van der Waals surface area contributed by atoms with Gasteiger partial charge in [0.15, 0.2) is 0 Å². The predicted molar refractivity (Wildman–Crippen MR) is 115 cm³/mol. The summed E-state index contributed by atoms with van der Waals surface area (Å²) < 4.78 is 0. The molecule has 1 aromatic carbocycles. The van der Waals surface area contributed by atoms with E-state index >= 15 is 0 Å². The molecule has 154 valence electrons. The number of aromatic nitrogens is 1. The van der Waals surface area contributed by atoms with Crippen LogP contribution in [0.15, 0.2) is 35.7 Å². The Morgan fingerprint density at radius 3 is 2.48 bits per heavy atom. The van der Waals surface area contributed by atoms with Gasteiger partial charge in [-0.25, -0.2) is 9.78 Å². The third kappa shape index (κ3) is 3.69. The van der Waals surface area contributed by atoms with E-state index < -0.39 is 5.54 Å². The van der Waals surface area contributed by atoms with Crippen molar-refractivity contribution < 1.29 is 9.59 Å². The number of nitrogens with zero attached hydrogens (tertiary/aromatic N) is 4. The maximum atomic E-state index is 12.9. The average Bonchev–Trinajstić information content (AvgIpc) is 3.25. The van der Waals surface area contributed by atoms with E-state index in [0.29, 0.717) is 25.3 Å². The van der Waals surface area contributed by atoms with E-state index in [0.717, 1.165) is 35.9 Å². The van der Waals surface area contributed by atoms with Crippen molar-refractivity contribution in [2.75, 3.05) is 26.7 Å². The molecule has 3 heterocycles. The fraction of sp³-hybridized carbons (Fsp3) is 0.500. The highest BCUT2D eigenvalue weighted by atomic mass is 32.1. The number of likely N-dealkylation sites (N-methyl/N-ethyl adjacent to an activating group) is 1. The van der Waals surface area contributed by atoms with Gasteiger partial charge in [-0.2, -0.15) is 0 Å². The highest BCUT2D eigenvalue weighted by Gasteiger charge is 2.56. The second-order valence-corrected chi connectivity index (χ2v) is 9.39. The zero-order chi connectivity index (χ0) is 20.6. The smallest absolute Gasteiger partial charge is 0.309 e. The molecule has 4 rings (SSSR count). The van der Waals surface area contributed by atoms with E-state index in [4.69, 9.17) is 4.98 Å². The van der Waals surface area contributed by atoms with Crippen molar-refractivity contribution in [3.63, 3.8) is 0 Å². The molecule has 0 radical (unpaired) electrons. The lowest BCUT2D eigenvalue weighted by Crippen LogP contribution is -2.57. The first-order valence-corrected chi connectivity index (χ1v) is 11.1. The maximum absolute atomic E-state index is 12.9. The molecule has 0 bridgehead atoms. The highest BCUT2D eigenvalue weighted by Crippen LogP contribution is 2.37. The van der Waals surface area contributed by atoms with Crippen LogP contribution in [0.3, 0.4) is 0 Å². The Kier molecular flexibility index (Phi) is 5.44. The topological polar surface area (TPSA) is 56.8 Å². The van der Waals surface area contributed by atoms with E-state index in [-0.39, 0.29) is 11.9 Å². The monoisotopic (exact) mass is 412 g/mol. The van der Waals surface area contributed by atoms with Crippen molar-refractivity contribution in [3.05, 3.63) is 40.7 Å². The van der Waals surface area contributed by atoms with Gasteiger partial charge >= 0.3 is 6.03 Å². The SMILES string of the molecule is CC(C)CN1C(=O)N(C)C(=O)C12CCN(Cc1nc(-c3ccccc3)cs1)CC2. The summed E-state index contributed by atoms with van der Waals surface area (Å²) in [6, 6.07) is 10.1. The van der Waals surface area contributed by atoms with E-state index in [1.807, 2.05) is 23.1 Å². The van der Waals surface area contributed by atoms with E-state index in [1.165, 1.54) is 4.90 Å². The zero-order valence-corrected chi connectivity index (χ0v) is 18.1. The molecule has 0 aliphatic carbocycles. The molecule has 2 aromatic rings. The Labute approximate surface area is 176 Å². The van der Waals surface area contributed by atoms with Gasteiger partial charge in [-0.15, -0.1) is 11.3 Å². The molecule has 1 aromatic heterocycles. The quantitative estimate of drug-likeness (QED) is 0.703. The molecule has 29 heavy (non-hydrogen) atoms. The Morgan fingerprint density at radius 2 is 1.83 bits per heavy atom. The molecule has 3 amide bonds. The van der Waals surface area contributed by atoms with Crippen molar-refractivity contribution in [2.24, 2.45) is 5.92 Å². The van der Waals surface area contributed by atoms with E-state index in [1.54, 1.807) is 18.4 Å². The van der Waals surface area contributed by atoms with Crippen LogP contribution in [-0.4, -0.2) is 63.8 Å². The summed E-state index contributed by atoms with van der Waals surface area (Å²) in [4.78, 5) is 35.9. The van der Waals surface area contributed by atoms with Gasteiger partial charge in [0.2, 0.25) is 0 Å². The van der Waals surface area contributed by atoms with Crippen LogP contribution >= 0.6 is 11.3 Å². The van der Waals surface area contributed by atoms with Gasteiger partial charge in [0.25, 0.3) is 5.91 Å². The molecular weight excluding hydrogens is 384 g/mol. The van der Waals surface area contributed by atoms with E-state index in [9.17, 15) is 9.59 Å².